The van der Waals surface area contributed by atoms with Crippen molar-refractivity contribution < 1.29 is 0 Å². The summed E-state index contributed by atoms with van der Waals surface area (Å²) in [4.78, 5) is 29.0. The van der Waals surface area contributed by atoms with Gasteiger partial charge in [-0.2, -0.15) is 4.98 Å². The standard InChI is InChI=1S/C20H16ClN3O2/c1-11-4-7-15(8-12(11)2)24-17-10-14(21)6-5-13(17)9-16-18(24)22-20(26)23(3)19(16)25/h4-10H,1-3H3. The number of aryl methyl sites for hydroxylation is 2. The second kappa shape index (κ2) is 5.81. The molecule has 0 atom stereocenters. The first-order chi connectivity index (χ1) is 12.4. The molecule has 0 saturated carbocycles. The normalized spacial score (nSPS) is 11.4. The van der Waals surface area contributed by atoms with E-state index >= 15 is 0 Å². The van der Waals surface area contributed by atoms with Gasteiger partial charge in [0.1, 0.15) is 0 Å². The van der Waals surface area contributed by atoms with Gasteiger partial charge >= 0.3 is 5.69 Å². The fourth-order valence-corrected chi connectivity index (χ4v) is 3.28. The second-order valence-corrected chi connectivity index (χ2v) is 6.88. The van der Waals surface area contributed by atoms with Gasteiger partial charge in [0.05, 0.1) is 11.1 Å². The maximum atomic E-state index is 12.6. The van der Waals surface area contributed by atoms with Crippen LogP contribution in [0, 0.1) is 13.8 Å². The largest absolute Gasteiger partial charge is 0.352 e. The number of halogens is 1. The first-order valence-corrected chi connectivity index (χ1v) is 8.54. The van der Waals surface area contributed by atoms with Crippen molar-refractivity contribution in [2.24, 2.45) is 7.05 Å². The number of aromatic nitrogens is 3. The quantitative estimate of drug-likeness (QED) is 0.485. The highest BCUT2D eigenvalue weighted by Gasteiger charge is 2.20. The number of nitrogens with zero attached hydrogens (tertiary/aromatic N) is 3. The number of pyridine rings is 1. The van der Waals surface area contributed by atoms with E-state index < -0.39 is 5.69 Å². The van der Waals surface area contributed by atoms with Gasteiger partial charge in [-0.15, -0.1) is 0 Å². The Kier molecular flexibility index (Phi) is 3.70. The van der Waals surface area contributed by atoms with E-state index in [0.29, 0.717) is 16.4 Å². The molecular formula is C20H16ClN3O2. The van der Waals surface area contributed by atoms with Crippen LogP contribution in [0.3, 0.4) is 0 Å². The van der Waals surface area contributed by atoms with Crippen LogP contribution in [-0.2, 0) is 7.05 Å². The number of benzene rings is 2. The SMILES string of the molecule is Cc1ccc(-n2c3nc(=O)n(C)c(=O)c-3cc3ccc(Cl)cc32)cc1C. The molecule has 0 fully saturated rings. The van der Waals surface area contributed by atoms with Crippen LogP contribution in [0.5, 0.6) is 0 Å². The van der Waals surface area contributed by atoms with Gasteiger partial charge in [0, 0.05) is 17.8 Å². The first-order valence-electron chi connectivity index (χ1n) is 8.16. The molecule has 0 aromatic heterocycles. The van der Waals surface area contributed by atoms with Crippen molar-refractivity contribution in [3.8, 4) is 17.1 Å². The molecule has 2 aromatic carbocycles. The fraction of sp³-hybridized carbons (Fsp3) is 0.150. The summed E-state index contributed by atoms with van der Waals surface area (Å²) >= 11 is 6.21. The molecule has 2 aliphatic heterocycles. The number of hydrogen-bond acceptors (Lipinski definition) is 3. The van der Waals surface area contributed by atoms with Crippen molar-refractivity contribution in [2.45, 2.75) is 13.8 Å². The number of fused-ring (bicyclic) bond motifs is 2. The lowest BCUT2D eigenvalue weighted by atomic mass is 10.1. The molecule has 6 heteroatoms. The zero-order valence-electron chi connectivity index (χ0n) is 14.6. The molecule has 2 aromatic rings. The minimum atomic E-state index is -0.582. The summed E-state index contributed by atoms with van der Waals surface area (Å²) in [5, 5.41) is 1.42. The summed E-state index contributed by atoms with van der Waals surface area (Å²) in [6.07, 6.45) is 0. The lowest BCUT2D eigenvalue weighted by Gasteiger charge is -2.19. The summed E-state index contributed by atoms with van der Waals surface area (Å²) in [7, 11) is 1.43. The Bertz CT molecular complexity index is 1270. The minimum absolute atomic E-state index is 0.330. The van der Waals surface area contributed by atoms with Crippen LogP contribution in [0.2, 0.25) is 5.02 Å². The molecule has 0 aliphatic carbocycles. The maximum absolute atomic E-state index is 12.6. The molecular weight excluding hydrogens is 350 g/mol. The molecule has 2 heterocycles. The van der Waals surface area contributed by atoms with Crippen molar-refractivity contribution in [3.05, 3.63) is 79.5 Å². The molecule has 5 nitrogen and oxygen atoms in total. The van der Waals surface area contributed by atoms with Gasteiger partial charge < -0.3 is 0 Å². The average molecular weight is 366 g/mol. The Balaban J connectivity index is 2.26. The smallest absolute Gasteiger partial charge is 0.294 e. The Labute approximate surface area is 154 Å². The van der Waals surface area contributed by atoms with Crippen LogP contribution >= 0.6 is 11.6 Å². The fourth-order valence-electron chi connectivity index (χ4n) is 3.11. The molecule has 0 amide bonds. The monoisotopic (exact) mass is 365 g/mol. The molecule has 0 unspecified atom stereocenters. The Morgan fingerprint density at radius 1 is 0.962 bits per heavy atom. The molecule has 130 valence electrons. The maximum Gasteiger partial charge on any atom is 0.352 e. The van der Waals surface area contributed by atoms with E-state index in [-0.39, 0.29) is 5.56 Å². The topological polar surface area (TPSA) is 56.9 Å². The second-order valence-electron chi connectivity index (χ2n) is 6.45. The van der Waals surface area contributed by atoms with Crippen LogP contribution < -0.4 is 11.2 Å². The van der Waals surface area contributed by atoms with Crippen LogP contribution in [0.4, 0.5) is 0 Å². The molecule has 2 aliphatic rings. The van der Waals surface area contributed by atoms with Crippen LogP contribution in [-0.4, -0.2) is 14.1 Å². The van der Waals surface area contributed by atoms with Gasteiger partial charge in [0.15, 0.2) is 5.82 Å². The van der Waals surface area contributed by atoms with Gasteiger partial charge in [-0.3, -0.25) is 13.9 Å². The highest BCUT2D eigenvalue weighted by Crippen LogP contribution is 2.30. The van der Waals surface area contributed by atoms with E-state index in [1.165, 1.54) is 7.05 Å². The molecule has 4 rings (SSSR count). The van der Waals surface area contributed by atoms with Crippen molar-refractivity contribution in [2.75, 3.05) is 0 Å². The van der Waals surface area contributed by atoms with Crippen molar-refractivity contribution in [1.29, 1.82) is 0 Å². The molecule has 0 bridgehead atoms. The average Bonchev–Trinajstić information content (AvgIpc) is 2.61. The van der Waals surface area contributed by atoms with Crippen LogP contribution in [0.15, 0.2) is 52.1 Å². The van der Waals surface area contributed by atoms with Crippen molar-refractivity contribution in [1.82, 2.24) is 14.1 Å². The first kappa shape index (κ1) is 16.5. The number of hydrogen-bond donors (Lipinski definition) is 0. The third kappa shape index (κ3) is 2.44. The summed E-state index contributed by atoms with van der Waals surface area (Å²) in [6.45, 7) is 4.05. The summed E-state index contributed by atoms with van der Waals surface area (Å²) in [6, 6.07) is 13.2. The van der Waals surface area contributed by atoms with E-state index in [1.807, 2.05) is 48.7 Å². The van der Waals surface area contributed by atoms with E-state index in [4.69, 9.17) is 11.6 Å². The Hall–Kier alpha value is -2.92. The van der Waals surface area contributed by atoms with Crippen LogP contribution in [0.1, 0.15) is 11.1 Å². The minimum Gasteiger partial charge on any atom is -0.294 e. The predicted octanol–water partition coefficient (Wildman–Crippen LogP) is 3.46. The molecule has 0 saturated heterocycles. The highest BCUT2D eigenvalue weighted by molar-refractivity contribution is 6.31. The third-order valence-corrected chi connectivity index (χ3v) is 4.99. The lowest BCUT2D eigenvalue weighted by Crippen LogP contribution is -2.35. The Morgan fingerprint density at radius 3 is 2.46 bits per heavy atom. The third-order valence-electron chi connectivity index (χ3n) is 4.76. The highest BCUT2D eigenvalue weighted by atomic mass is 35.5. The molecule has 26 heavy (non-hydrogen) atoms. The van der Waals surface area contributed by atoms with E-state index in [1.54, 1.807) is 12.1 Å². The summed E-state index contributed by atoms with van der Waals surface area (Å²) in [5.74, 6) is 0.330. The van der Waals surface area contributed by atoms with Gasteiger partial charge in [0.2, 0.25) is 0 Å². The van der Waals surface area contributed by atoms with Gasteiger partial charge in [-0.05, 0) is 60.7 Å². The van der Waals surface area contributed by atoms with Gasteiger partial charge in [-0.1, -0.05) is 23.7 Å². The van der Waals surface area contributed by atoms with E-state index in [0.717, 1.165) is 32.3 Å². The summed E-state index contributed by atoms with van der Waals surface area (Å²) < 4.78 is 2.85. The van der Waals surface area contributed by atoms with Crippen molar-refractivity contribution >= 4 is 22.5 Å². The van der Waals surface area contributed by atoms with Crippen LogP contribution in [0.25, 0.3) is 28.0 Å². The zero-order valence-corrected chi connectivity index (χ0v) is 15.3. The number of rotatable bonds is 1. The van der Waals surface area contributed by atoms with E-state index in [2.05, 4.69) is 4.98 Å². The zero-order chi connectivity index (χ0) is 18.6. The Morgan fingerprint density at radius 2 is 1.73 bits per heavy atom. The molecule has 0 N–H and O–H groups in total. The van der Waals surface area contributed by atoms with Gasteiger partial charge in [0.25, 0.3) is 5.56 Å². The molecule has 0 radical (unpaired) electrons. The van der Waals surface area contributed by atoms with Crippen molar-refractivity contribution in [3.63, 3.8) is 0 Å². The predicted molar refractivity (Wildman–Crippen MR) is 104 cm³/mol. The van der Waals surface area contributed by atoms with E-state index in [9.17, 15) is 9.59 Å². The lowest BCUT2D eigenvalue weighted by molar-refractivity contribution is 0.766. The summed E-state index contributed by atoms with van der Waals surface area (Å²) in [5.41, 5.74) is 3.31. The molecule has 0 spiro atoms. The van der Waals surface area contributed by atoms with Gasteiger partial charge in [-0.25, -0.2) is 4.79 Å².